The van der Waals surface area contributed by atoms with Crippen LogP contribution < -0.4 is 5.32 Å². The van der Waals surface area contributed by atoms with Gasteiger partial charge in [-0.15, -0.1) is 0 Å². The highest BCUT2D eigenvalue weighted by Crippen LogP contribution is 2.43. The standard InChI is InChI=1S/C50H95N2O6P/c1-6-8-10-12-13-14-15-16-17-18-19-20-21-22-23-24-25-26-27-28-29-30-31-32-33-34-35-36-37-38-39-40-42-44-50(54)51-48(49(53)43-41-11-9-7-2)47-58-59(55,56)57-46-45-52(3,4)5/h15-16,18-19,21-22,41,43,48-49,53H,6-14,17,20,23-40,42,44-47H2,1-5H3,(H-,51,54,55,56)/p+1/b16-15-,19-18-,22-21-,43-41+. The smallest absolute Gasteiger partial charge is 0.387 e. The number of phosphoric acid groups is 1. The van der Waals surface area contributed by atoms with Gasteiger partial charge in [-0.1, -0.05) is 204 Å². The molecule has 0 aromatic rings. The number of rotatable bonds is 44. The van der Waals surface area contributed by atoms with Gasteiger partial charge in [-0.2, -0.15) is 0 Å². The van der Waals surface area contributed by atoms with Crippen LogP contribution in [-0.2, 0) is 18.4 Å². The molecule has 0 rings (SSSR count). The lowest BCUT2D eigenvalue weighted by Crippen LogP contribution is -2.45. The number of hydrogen-bond acceptors (Lipinski definition) is 5. The van der Waals surface area contributed by atoms with Crippen molar-refractivity contribution in [2.75, 3.05) is 40.9 Å². The van der Waals surface area contributed by atoms with E-state index in [1.54, 1.807) is 6.08 Å². The fraction of sp³-hybridized carbons (Fsp3) is 0.820. The van der Waals surface area contributed by atoms with Gasteiger partial charge in [0.25, 0.3) is 0 Å². The summed E-state index contributed by atoms with van der Waals surface area (Å²) in [7, 11) is 1.57. The fourth-order valence-electron chi connectivity index (χ4n) is 6.86. The van der Waals surface area contributed by atoms with Gasteiger partial charge in [-0.25, -0.2) is 4.57 Å². The van der Waals surface area contributed by atoms with Crippen molar-refractivity contribution in [2.24, 2.45) is 0 Å². The number of nitrogens with one attached hydrogen (secondary N) is 1. The van der Waals surface area contributed by atoms with Gasteiger partial charge in [-0.3, -0.25) is 13.8 Å². The van der Waals surface area contributed by atoms with Gasteiger partial charge in [0.15, 0.2) is 0 Å². The lowest BCUT2D eigenvalue weighted by atomic mass is 10.0. The van der Waals surface area contributed by atoms with Gasteiger partial charge < -0.3 is 19.8 Å². The molecule has 0 saturated heterocycles. The normalized spacial score (nSPS) is 14.6. The van der Waals surface area contributed by atoms with Crippen LogP contribution in [0.1, 0.15) is 213 Å². The predicted molar refractivity (Wildman–Crippen MR) is 254 cm³/mol. The molecule has 0 aliphatic rings. The third kappa shape index (κ3) is 44.3. The molecule has 0 bridgehead atoms. The van der Waals surface area contributed by atoms with E-state index >= 15 is 0 Å². The molecule has 0 heterocycles. The second kappa shape index (κ2) is 41.8. The molecule has 0 radical (unpaired) electrons. The van der Waals surface area contributed by atoms with E-state index in [4.69, 9.17) is 9.05 Å². The molecule has 0 aromatic carbocycles. The van der Waals surface area contributed by atoms with E-state index in [0.29, 0.717) is 17.4 Å². The number of aliphatic hydroxyl groups is 1. The van der Waals surface area contributed by atoms with E-state index in [2.05, 4.69) is 55.6 Å². The number of likely N-dealkylation sites (N-methyl/N-ethyl adjacent to an activating group) is 1. The summed E-state index contributed by atoms with van der Waals surface area (Å²) in [5.41, 5.74) is 0. The highest BCUT2D eigenvalue weighted by atomic mass is 31.2. The quantitative estimate of drug-likeness (QED) is 0.0244. The van der Waals surface area contributed by atoms with Gasteiger partial charge >= 0.3 is 7.82 Å². The van der Waals surface area contributed by atoms with Crippen molar-refractivity contribution in [3.05, 3.63) is 48.6 Å². The van der Waals surface area contributed by atoms with E-state index < -0.39 is 20.0 Å². The second-order valence-electron chi connectivity index (χ2n) is 17.8. The van der Waals surface area contributed by atoms with Crippen LogP contribution in [0, 0.1) is 0 Å². The van der Waals surface area contributed by atoms with Crippen LogP contribution in [0.5, 0.6) is 0 Å². The van der Waals surface area contributed by atoms with E-state index in [1.165, 1.54) is 141 Å². The monoisotopic (exact) mass is 852 g/mol. The first-order valence-electron chi connectivity index (χ1n) is 24.5. The summed E-state index contributed by atoms with van der Waals surface area (Å²) in [5.74, 6) is -0.186. The summed E-state index contributed by atoms with van der Waals surface area (Å²) in [6.45, 7) is 4.65. The van der Waals surface area contributed by atoms with Crippen molar-refractivity contribution >= 4 is 13.7 Å². The molecule has 3 N–H and O–H groups in total. The molecule has 3 unspecified atom stereocenters. The third-order valence-corrected chi connectivity index (χ3v) is 11.8. The minimum absolute atomic E-state index is 0.0601. The molecule has 0 aliphatic carbocycles. The highest BCUT2D eigenvalue weighted by molar-refractivity contribution is 7.47. The Morgan fingerprint density at radius 2 is 0.983 bits per heavy atom. The zero-order valence-electron chi connectivity index (χ0n) is 39.2. The van der Waals surface area contributed by atoms with Gasteiger partial charge in [0, 0.05) is 6.42 Å². The predicted octanol–water partition coefficient (Wildman–Crippen LogP) is 14.0. The van der Waals surface area contributed by atoms with Crippen LogP contribution in [0.3, 0.4) is 0 Å². The first-order valence-corrected chi connectivity index (χ1v) is 26.0. The molecule has 0 fully saturated rings. The largest absolute Gasteiger partial charge is 0.472 e. The summed E-state index contributed by atoms with van der Waals surface area (Å²) < 4.78 is 23.3. The maximum absolute atomic E-state index is 12.7. The second-order valence-corrected chi connectivity index (χ2v) is 19.3. The van der Waals surface area contributed by atoms with Gasteiger partial charge in [0.05, 0.1) is 39.9 Å². The number of quaternary nitrogens is 1. The Bertz CT molecular complexity index is 1100. The van der Waals surface area contributed by atoms with Crippen LogP contribution in [0.25, 0.3) is 0 Å². The summed E-state index contributed by atoms with van der Waals surface area (Å²) >= 11 is 0. The zero-order valence-corrected chi connectivity index (χ0v) is 40.1. The molecule has 8 nitrogen and oxygen atoms in total. The summed E-state index contributed by atoms with van der Waals surface area (Å²) in [6, 6.07) is -0.841. The lowest BCUT2D eigenvalue weighted by molar-refractivity contribution is -0.870. The minimum atomic E-state index is -4.32. The average Bonchev–Trinajstić information content (AvgIpc) is 3.19. The maximum Gasteiger partial charge on any atom is 0.472 e. The lowest BCUT2D eigenvalue weighted by Gasteiger charge is -2.25. The van der Waals surface area contributed by atoms with Crippen molar-refractivity contribution in [3.63, 3.8) is 0 Å². The molecule has 0 saturated carbocycles. The number of unbranched alkanes of at least 4 members (excludes halogenated alkanes) is 25. The van der Waals surface area contributed by atoms with Crippen LogP contribution >= 0.6 is 7.82 Å². The van der Waals surface area contributed by atoms with Crippen molar-refractivity contribution in [3.8, 4) is 0 Å². The minimum Gasteiger partial charge on any atom is -0.387 e. The van der Waals surface area contributed by atoms with Crippen LogP contribution in [0.15, 0.2) is 48.6 Å². The average molecular weight is 852 g/mol. The molecular formula is C50H96N2O6P+. The Morgan fingerprint density at radius 1 is 0.576 bits per heavy atom. The number of carbonyl (C=O) groups excluding carboxylic acids is 1. The SMILES string of the molecule is CCCC/C=C/C(O)C(COP(=O)(O)OCC[N+](C)(C)C)NC(=O)CCCCCCCCCCCCCCCCCCCC/C=C\C/C=C\C/C=C\CCCCCCC. The van der Waals surface area contributed by atoms with Crippen LogP contribution in [-0.4, -0.2) is 73.4 Å². The molecule has 59 heavy (non-hydrogen) atoms. The van der Waals surface area contributed by atoms with Crippen molar-refractivity contribution in [1.29, 1.82) is 0 Å². The zero-order chi connectivity index (χ0) is 43.6. The first-order chi connectivity index (χ1) is 28.5. The number of aliphatic hydroxyl groups excluding tert-OH is 1. The summed E-state index contributed by atoms with van der Waals surface area (Å²) in [6.07, 6.45) is 54.2. The molecule has 3 atom stereocenters. The Kier molecular flexibility index (Phi) is 40.7. The summed E-state index contributed by atoms with van der Waals surface area (Å²) in [4.78, 5) is 22.9. The molecule has 9 heteroatoms. The number of nitrogens with zero attached hydrogens (tertiary/aromatic N) is 1. The van der Waals surface area contributed by atoms with E-state index in [0.717, 1.165) is 51.4 Å². The van der Waals surface area contributed by atoms with E-state index in [1.807, 2.05) is 27.2 Å². The third-order valence-electron chi connectivity index (χ3n) is 10.8. The van der Waals surface area contributed by atoms with Crippen molar-refractivity contribution in [2.45, 2.75) is 225 Å². The van der Waals surface area contributed by atoms with Crippen molar-refractivity contribution < 1.29 is 32.9 Å². The molecule has 0 aliphatic heterocycles. The first kappa shape index (κ1) is 57.5. The van der Waals surface area contributed by atoms with Gasteiger partial charge in [0.2, 0.25) is 5.91 Å². The number of phosphoric ester groups is 1. The van der Waals surface area contributed by atoms with Gasteiger partial charge in [-0.05, 0) is 51.4 Å². The number of hydrogen-bond donors (Lipinski definition) is 3. The molecule has 346 valence electrons. The van der Waals surface area contributed by atoms with E-state index in [9.17, 15) is 19.4 Å². The Balaban J connectivity index is 3.78. The molecule has 0 spiro atoms. The molecule has 0 aromatic heterocycles. The highest BCUT2D eigenvalue weighted by Gasteiger charge is 2.27. The Hall–Kier alpha value is -1.54. The molecule has 1 amide bonds. The maximum atomic E-state index is 12.7. The number of carbonyl (C=O) groups is 1. The Morgan fingerprint density at radius 3 is 1.44 bits per heavy atom. The topological polar surface area (TPSA) is 105 Å². The fourth-order valence-corrected chi connectivity index (χ4v) is 7.59. The summed E-state index contributed by atoms with van der Waals surface area (Å²) in [5, 5.41) is 13.6. The number of amides is 1. The van der Waals surface area contributed by atoms with Crippen LogP contribution in [0.2, 0.25) is 0 Å². The van der Waals surface area contributed by atoms with E-state index in [-0.39, 0.29) is 19.1 Å². The van der Waals surface area contributed by atoms with Gasteiger partial charge in [0.1, 0.15) is 13.2 Å². The Labute approximate surface area is 365 Å². The van der Waals surface area contributed by atoms with Crippen LogP contribution in [0.4, 0.5) is 0 Å². The van der Waals surface area contributed by atoms with Crippen molar-refractivity contribution in [1.82, 2.24) is 5.32 Å². The molecular weight excluding hydrogens is 756 g/mol. The number of allylic oxidation sites excluding steroid dienone is 7.